The first-order valence-corrected chi connectivity index (χ1v) is 12.6. The number of carboxylic acid groups (broad SMARTS) is 1. The Balaban J connectivity index is 0.000000412. The van der Waals surface area contributed by atoms with Crippen molar-refractivity contribution < 1.29 is 24.2 Å². The van der Waals surface area contributed by atoms with E-state index >= 15 is 0 Å². The van der Waals surface area contributed by atoms with Crippen LogP contribution in [0.15, 0.2) is 65.4 Å². The highest BCUT2D eigenvalue weighted by Gasteiger charge is 2.23. The Morgan fingerprint density at radius 2 is 1.70 bits per heavy atom. The minimum Gasteiger partial charge on any atom is -0.493 e. The molecular weight excluding hydrogens is 466 g/mol. The number of ether oxygens (including phenoxy) is 1. The second kappa shape index (κ2) is 10.6. The summed E-state index contributed by atoms with van der Waals surface area (Å²) in [5.74, 6) is -0.0513. The van der Waals surface area contributed by atoms with Gasteiger partial charge in [-0.1, -0.05) is 38.1 Å². The maximum absolute atomic E-state index is 11.8. The molecule has 0 saturated carbocycles. The van der Waals surface area contributed by atoms with Crippen molar-refractivity contribution in [2.24, 2.45) is 0 Å². The molecule has 3 heterocycles. The lowest BCUT2D eigenvalue weighted by Gasteiger charge is -2.21. The summed E-state index contributed by atoms with van der Waals surface area (Å²) in [4.78, 5) is 16.5. The molecule has 2 aromatic heterocycles. The maximum atomic E-state index is 11.8. The van der Waals surface area contributed by atoms with Gasteiger partial charge in [-0.2, -0.15) is 0 Å². The van der Waals surface area contributed by atoms with Crippen molar-refractivity contribution in [2.75, 3.05) is 6.61 Å². The number of fused-ring (bicyclic) bond motifs is 3. The predicted molar refractivity (Wildman–Crippen MR) is 148 cm³/mol. The lowest BCUT2D eigenvalue weighted by molar-refractivity contribution is -0.136. The van der Waals surface area contributed by atoms with E-state index in [-0.39, 0.29) is 6.42 Å². The van der Waals surface area contributed by atoms with E-state index in [1.165, 1.54) is 5.56 Å². The Bertz CT molecular complexity index is 1560. The smallest absolute Gasteiger partial charge is 0.307 e. The molecule has 6 heteroatoms. The number of rotatable bonds is 3. The van der Waals surface area contributed by atoms with E-state index < -0.39 is 11.6 Å². The van der Waals surface area contributed by atoms with Crippen LogP contribution < -0.4 is 4.74 Å². The first kappa shape index (κ1) is 26.2. The topological polar surface area (TPSA) is 92.8 Å². The van der Waals surface area contributed by atoms with E-state index in [2.05, 4.69) is 0 Å². The third kappa shape index (κ3) is 5.30. The summed E-state index contributed by atoms with van der Waals surface area (Å²) in [5.41, 5.74) is 4.80. The molecule has 1 aliphatic heterocycles. The van der Waals surface area contributed by atoms with Crippen LogP contribution in [0.5, 0.6) is 5.75 Å². The van der Waals surface area contributed by atoms with Crippen molar-refractivity contribution in [2.45, 2.75) is 53.1 Å². The monoisotopic (exact) mass is 499 g/mol. The van der Waals surface area contributed by atoms with E-state index in [4.69, 9.17) is 19.2 Å². The molecule has 6 rings (SSSR count). The van der Waals surface area contributed by atoms with Gasteiger partial charge in [0.2, 0.25) is 0 Å². The van der Waals surface area contributed by atoms with Gasteiger partial charge in [0.15, 0.2) is 0 Å². The first-order chi connectivity index (χ1) is 17.7. The van der Waals surface area contributed by atoms with E-state index in [9.17, 15) is 9.90 Å². The Morgan fingerprint density at radius 3 is 2.41 bits per heavy atom. The van der Waals surface area contributed by atoms with Crippen LogP contribution in [-0.2, 0) is 17.6 Å². The molecule has 0 spiro atoms. The van der Waals surface area contributed by atoms with E-state index in [0.29, 0.717) is 12.2 Å². The summed E-state index contributed by atoms with van der Waals surface area (Å²) in [7, 11) is 0. The number of carboxylic acids is 1. The molecule has 3 aromatic carbocycles. The highest BCUT2D eigenvalue weighted by Crippen LogP contribution is 2.44. The second-order valence-electron chi connectivity index (χ2n) is 9.71. The zero-order chi connectivity index (χ0) is 26.7. The number of aromatic nitrogens is 1. The summed E-state index contributed by atoms with van der Waals surface area (Å²) >= 11 is 0. The Hall–Kier alpha value is -3.90. The van der Waals surface area contributed by atoms with Crippen molar-refractivity contribution in [1.82, 2.24) is 4.98 Å². The maximum Gasteiger partial charge on any atom is 0.307 e. The summed E-state index contributed by atoms with van der Waals surface area (Å²) < 4.78 is 11.6. The van der Waals surface area contributed by atoms with E-state index in [1.807, 2.05) is 68.6 Å². The summed E-state index contributed by atoms with van der Waals surface area (Å²) in [5, 5.41) is 22.0. The number of benzene rings is 3. The lowest BCUT2D eigenvalue weighted by Crippen LogP contribution is -2.10. The second-order valence-corrected chi connectivity index (χ2v) is 9.71. The standard InChI is InChI=1S/C25H17NO4.C4H10O.C2H6/c27-21(28)13-19-17-9-12-30-25(17)16-4-2-1-3-15(16)23(19)18-5-6-20-22-14(8-11-29-20)7-10-26-24(18)22;1-4(2,3)5;1-2/h1-7,9-10,12H,8,11,13H2,(H,27,28);5H,1-3H3;1-2H3. The van der Waals surface area contributed by atoms with Crippen LogP contribution in [-0.4, -0.2) is 33.4 Å². The molecule has 37 heavy (non-hydrogen) atoms. The number of hydrogen-bond acceptors (Lipinski definition) is 5. The molecule has 192 valence electrons. The number of aliphatic hydroxyl groups is 1. The minimum atomic E-state index is -0.881. The summed E-state index contributed by atoms with van der Waals surface area (Å²) in [6, 6.07) is 15.8. The first-order valence-electron chi connectivity index (χ1n) is 12.6. The molecule has 0 bridgehead atoms. The highest BCUT2D eigenvalue weighted by molar-refractivity contribution is 6.17. The van der Waals surface area contributed by atoms with Crippen molar-refractivity contribution >= 4 is 38.6 Å². The minimum absolute atomic E-state index is 0.102. The van der Waals surface area contributed by atoms with Crippen LogP contribution in [0.1, 0.15) is 45.7 Å². The largest absolute Gasteiger partial charge is 0.493 e. The SMILES string of the molecule is CC.CC(C)(C)O.O=C(O)Cc1c(-c2ccc3c4c(ccnc24)CCO3)c2ccccc2c2occc12. The van der Waals surface area contributed by atoms with Gasteiger partial charge in [0.05, 0.1) is 30.4 Å². The van der Waals surface area contributed by atoms with Crippen LogP contribution in [0.4, 0.5) is 0 Å². The number of furan rings is 1. The van der Waals surface area contributed by atoms with Crippen molar-refractivity contribution in [3.63, 3.8) is 0 Å². The molecular formula is C31H33NO5. The highest BCUT2D eigenvalue weighted by atomic mass is 16.5. The Labute approximate surface area is 216 Å². The average molecular weight is 500 g/mol. The molecule has 2 N–H and O–H groups in total. The van der Waals surface area contributed by atoms with Gasteiger partial charge in [-0.3, -0.25) is 9.78 Å². The molecule has 0 unspecified atom stereocenters. The van der Waals surface area contributed by atoms with Gasteiger partial charge >= 0.3 is 5.97 Å². The molecule has 0 atom stereocenters. The summed E-state index contributed by atoms with van der Waals surface area (Å²) in [6.07, 6.45) is 4.18. The number of hydrogen-bond donors (Lipinski definition) is 2. The molecule has 5 aromatic rings. The Kier molecular flexibility index (Phi) is 7.50. The zero-order valence-corrected chi connectivity index (χ0v) is 22.0. The van der Waals surface area contributed by atoms with Crippen molar-refractivity contribution in [3.05, 3.63) is 72.1 Å². The fourth-order valence-corrected chi connectivity index (χ4v) is 4.70. The molecule has 0 radical (unpaired) electrons. The molecule has 0 fully saturated rings. The lowest BCUT2D eigenvalue weighted by atomic mass is 9.87. The fraction of sp³-hybridized carbons (Fsp3) is 0.290. The third-order valence-electron chi connectivity index (χ3n) is 5.90. The van der Waals surface area contributed by atoms with Crippen molar-refractivity contribution in [3.8, 4) is 16.9 Å². The third-order valence-corrected chi connectivity index (χ3v) is 5.90. The predicted octanol–water partition coefficient (Wildman–Crippen LogP) is 7.17. The van der Waals surface area contributed by atoms with Gasteiger partial charge in [-0.15, -0.1) is 0 Å². The van der Waals surface area contributed by atoms with Crippen LogP contribution >= 0.6 is 0 Å². The number of carbonyl (C=O) groups is 1. The molecule has 6 nitrogen and oxygen atoms in total. The molecule has 1 aliphatic rings. The van der Waals surface area contributed by atoms with Crippen LogP contribution in [0, 0.1) is 0 Å². The van der Waals surface area contributed by atoms with Gasteiger partial charge in [-0.25, -0.2) is 0 Å². The average Bonchev–Trinajstić information content (AvgIpc) is 3.36. The van der Waals surface area contributed by atoms with Gasteiger partial charge < -0.3 is 19.4 Å². The zero-order valence-electron chi connectivity index (χ0n) is 22.0. The molecule has 0 saturated heterocycles. The fourth-order valence-electron chi connectivity index (χ4n) is 4.70. The normalized spacial score (nSPS) is 12.4. The van der Waals surface area contributed by atoms with Crippen LogP contribution in [0.25, 0.3) is 43.8 Å². The number of pyridine rings is 1. The Morgan fingerprint density at radius 1 is 1.00 bits per heavy atom. The van der Waals surface area contributed by atoms with Gasteiger partial charge in [-0.05, 0) is 67.1 Å². The van der Waals surface area contributed by atoms with Crippen LogP contribution in [0.3, 0.4) is 0 Å². The molecule has 0 amide bonds. The summed E-state index contributed by atoms with van der Waals surface area (Å²) in [6.45, 7) is 9.88. The molecule has 0 aliphatic carbocycles. The van der Waals surface area contributed by atoms with E-state index in [0.717, 1.165) is 55.9 Å². The van der Waals surface area contributed by atoms with Crippen LogP contribution in [0.2, 0.25) is 0 Å². The van der Waals surface area contributed by atoms with Gasteiger partial charge in [0.1, 0.15) is 11.3 Å². The van der Waals surface area contributed by atoms with E-state index in [1.54, 1.807) is 27.0 Å². The number of aliphatic carboxylic acids is 1. The van der Waals surface area contributed by atoms with Crippen molar-refractivity contribution in [1.29, 1.82) is 0 Å². The number of nitrogens with zero attached hydrogens (tertiary/aromatic N) is 1. The quantitative estimate of drug-likeness (QED) is 0.273. The van der Waals surface area contributed by atoms with Gasteiger partial charge in [0.25, 0.3) is 0 Å². The van der Waals surface area contributed by atoms with Gasteiger partial charge in [0, 0.05) is 34.3 Å².